The Kier molecular flexibility index (Phi) is 6.55. The van der Waals surface area contributed by atoms with Crippen LogP contribution >= 0.6 is 12.4 Å². The van der Waals surface area contributed by atoms with Gasteiger partial charge >= 0.3 is 0 Å². The van der Waals surface area contributed by atoms with Crippen molar-refractivity contribution >= 4 is 29.2 Å². The van der Waals surface area contributed by atoms with Crippen molar-refractivity contribution in [2.75, 3.05) is 19.7 Å². The summed E-state index contributed by atoms with van der Waals surface area (Å²) in [5, 5.41) is 5.22. The summed E-state index contributed by atoms with van der Waals surface area (Å²) in [5.41, 5.74) is 4.31. The van der Waals surface area contributed by atoms with Crippen LogP contribution in [0.5, 0.6) is 0 Å². The molecule has 0 aliphatic carbocycles. The minimum absolute atomic E-state index is 0. The van der Waals surface area contributed by atoms with Gasteiger partial charge in [-0.2, -0.15) is 5.10 Å². The number of rotatable bonds is 4. The first-order valence-electron chi connectivity index (χ1n) is 9.88. The summed E-state index contributed by atoms with van der Waals surface area (Å²) in [6.07, 6.45) is 3.85. The Labute approximate surface area is 177 Å². The molecule has 1 aromatic carbocycles. The lowest BCUT2D eigenvalue weighted by Crippen LogP contribution is -2.41. The Balaban J connectivity index is 0.00000240. The molecular weight excluding hydrogens is 388 g/mol. The van der Waals surface area contributed by atoms with E-state index in [0.29, 0.717) is 5.56 Å². The molecule has 154 valence electrons. The average Bonchev–Trinajstić information content (AvgIpc) is 3.06. The summed E-state index contributed by atoms with van der Waals surface area (Å²) in [7, 11) is 1.91. The number of hydrogen-bond donors (Lipinski definition) is 0. The van der Waals surface area contributed by atoms with E-state index in [1.165, 1.54) is 0 Å². The second-order valence-electron chi connectivity index (χ2n) is 7.29. The zero-order chi connectivity index (χ0) is 19.7. The minimum atomic E-state index is 0. The van der Waals surface area contributed by atoms with Crippen LogP contribution in [0.2, 0.25) is 0 Å². The van der Waals surface area contributed by atoms with Gasteiger partial charge in [0, 0.05) is 43.4 Å². The lowest BCUT2D eigenvalue weighted by atomic mass is 10.0. The zero-order valence-corrected chi connectivity index (χ0v) is 17.9. The number of hydrogen-bond acceptors (Lipinski definition) is 4. The number of amides is 1. The monoisotopic (exact) mass is 414 g/mol. The van der Waals surface area contributed by atoms with Crippen molar-refractivity contribution in [3.63, 3.8) is 0 Å². The molecule has 29 heavy (non-hydrogen) atoms. The molecule has 0 bridgehead atoms. The molecule has 3 aromatic rings. The largest absolute Gasteiger partial charge is 0.378 e. The Morgan fingerprint density at radius 2 is 1.97 bits per heavy atom. The van der Waals surface area contributed by atoms with Crippen molar-refractivity contribution in [2.24, 2.45) is 7.05 Å². The first-order chi connectivity index (χ1) is 13.6. The first kappa shape index (κ1) is 21.3. The number of piperidine rings is 1. The molecule has 0 atom stereocenters. The van der Waals surface area contributed by atoms with Crippen molar-refractivity contribution in [3.8, 4) is 11.3 Å². The molecule has 0 unspecified atom stereocenters. The third kappa shape index (κ3) is 4.14. The normalized spacial score (nSPS) is 14.8. The Morgan fingerprint density at radius 1 is 1.24 bits per heavy atom. The van der Waals surface area contributed by atoms with E-state index < -0.39 is 0 Å². The van der Waals surface area contributed by atoms with E-state index >= 15 is 0 Å². The van der Waals surface area contributed by atoms with E-state index in [0.717, 1.165) is 60.4 Å². The van der Waals surface area contributed by atoms with Crippen molar-refractivity contribution in [1.82, 2.24) is 19.7 Å². The van der Waals surface area contributed by atoms with Crippen molar-refractivity contribution in [3.05, 3.63) is 47.8 Å². The van der Waals surface area contributed by atoms with E-state index in [2.05, 4.69) is 5.10 Å². The number of para-hydroxylation sites is 1. The number of likely N-dealkylation sites (tertiary alicyclic amines) is 1. The number of pyridine rings is 1. The molecule has 1 saturated heterocycles. The van der Waals surface area contributed by atoms with Gasteiger partial charge in [0.05, 0.1) is 29.1 Å². The molecule has 7 heteroatoms. The van der Waals surface area contributed by atoms with Crippen LogP contribution in [0.4, 0.5) is 0 Å². The Hall–Kier alpha value is -2.44. The third-order valence-electron chi connectivity index (χ3n) is 5.59. The van der Waals surface area contributed by atoms with Crippen LogP contribution in [-0.2, 0) is 11.8 Å². The fourth-order valence-electron chi connectivity index (χ4n) is 3.87. The minimum Gasteiger partial charge on any atom is -0.378 e. The van der Waals surface area contributed by atoms with E-state index in [9.17, 15) is 4.79 Å². The smallest absolute Gasteiger partial charge is 0.254 e. The van der Waals surface area contributed by atoms with Crippen molar-refractivity contribution in [2.45, 2.75) is 32.8 Å². The number of halogens is 1. The van der Waals surface area contributed by atoms with Gasteiger partial charge in [-0.05, 0) is 38.8 Å². The molecule has 1 amide bonds. The summed E-state index contributed by atoms with van der Waals surface area (Å²) in [6, 6.07) is 9.77. The number of aryl methyl sites for hydroxylation is 1. The summed E-state index contributed by atoms with van der Waals surface area (Å²) < 4.78 is 7.55. The third-order valence-corrected chi connectivity index (χ3v) is 5.59. The van der Waals surface area contributed by atoms with Gasteiger partial charge < -0.3 is 9.64 Å². The molecule has 2 aromatic heterocycles. The highest BCUT2D eigenvalue weighted by molar-refractivity contribution is 6.07. The summed E-state index contributed by atoms with van der Waals surface area (Å²) >= 11 is 0. The predicted octanol–water partition coefficient (Wildman–Crippen LogP) is 4.01. The molecule has 0 saturated carbocycles. The summed E-state index contributed by atoms with van der Waals surface area (Å²) in [5.74, 6) is 0.0661. The van der Waals surface area contributed by atoms with Crippen LogP contribution in [0.25, 0.3) is 22.2 Å². The molecule has 1 aliphatic heterocycles. The van der Waals surface area contributed by atoms with Crippen LogP contribution in [0.15, 0.2) is 36.5 Å². The van der Waals surface area contributed by atoms with Crippen LogP contribution < -0.4 is 0 Å². The van der Waals surface area contributed by atoms with Gasteiger partial charge in [-0.3, -0.25) is 9.48 Å². The molecule has 1 aliphatic rings. The number of carbonyl (C=O) groups is 1. The second kappa shape index (κ2) is 8.93. The molecule has 1 fully saturated rings. The summed E-state index contributed by atoms with van der Waals surface area (Å²) in [4.78, 5) is 20.1. The highest BCUT2D eigenvalue weighted by atomic mass is 35.5. The maximum absolute atomic E-state index is 13.4. The van der Waals surface area contributed by atoms with Crippen LogP contribution in [0.3, 0.4) is 0 Å². The van der Waals surface area contributed by atoms with Crippen LogP contribution in [0, 0.1) is 6.92 Å². The Bertz CT molecular complexity index is 1010. The number of nitrogens with zero attached hydrogens (tertiary/aromatic N) is 4. The highest BCUT2D eigenvalue weighted by Crippen LogP contribution is 2.28. The number of ether oxygens (including phenoxy) is 1. The topological polar surface area (TPSA) is 60.2 Å². The van der Waals surface area contributed by atoms with E-state index in [4.69, 9.17) is 9.72 Å². The second-order valence-corrected chi connectivity index (χ2v) is 7.29. The number of fused-ring (bicyclic) bond motifs is 1. The van der Waals surface area contributed by atoms with E-state index in [1.54, 1.807) is 0 Å². The van der Waals surface area contributed by atoms with E-state index in [-0.39, 0.29) is 24.4 Å². The quantitative estimate of drug-likeness (QED) is 0.647. The van der Waals surface area contributed by atoms with Crippen LogP contribution in [0.1, 0.15) is 35.8 Å². The maximum atomic E-state index is 13.4. The lowest BCUT2D eigenvalue weighted by molar-refractivity contribution is 0.0146. The fraction of sp³-hybridized carbons (Fsp3) is 0.409. The molecule has 0 N–H and O–H groups in total. The predicted molar refractivity (Wildman–Crippen MR) is 116 cm³/mol. The van der Waals surface area contributed by atoms with Crippen molar-refractivity contribution in [1.29, 1.82) is 0 Å². The fourth-order valence-corrected chi connectivity index (χ4v) is 3.87. The first-order valence-corrected chi connectivity index (χ1v) is 9.88. The summed E-state index contributed by atoms with van der Waals surface area (Å²) in [6.45, 7) is 6.20. The van der Waals surface area contributed by atoms with Crippen LogP contribution in [-0.4, -0.2) is 51.4 Å². The van der Waals surface area contributed by atoms with Gasteiger partial charge in [-0.25, -0.2) is 4.98 Å². The standard InChI is InChI=1S/C22H26N4O2.ClH/c1-4-28-16-9-11-26(12-10-16)22(27)18-13-21(19-14-23-25(3)15(19)2)24-20-8-6-5-7-17(18)20;/h5-8,13-14,16H,4,9-12H2,1-3H3;1H. The van der Waals surface area contributed by atoms with E-state index in [1.807, 2.05) is 67.0 Å². The SMILES string of the molecule is CCOC1CCN(C(=O)c2cc(-c3cnn(C)c3C)nc3ccccc23)CC1.Cl. The van der Waals surface area contributed by atoms with Gasteiger partial charge in [-0.1, -0.05) is 18.2 Å². The lowest BCUT2D eigenvalue weighted by Gasteiger charge is -2.32. The number of carbonyl (C=O) groups excluding carboxylic acids is 1. The molecule has 6 nitrogen and oxygen atoms in total. The molecule has 0 spiro atoms. The van der Waals surface area contributed by atoms with Gasteiger partial charge in [-0.15, -0.1) is 12.4 Å². The van der Waals surface area contributed by atoms with Gasteiger partial charge in [0.2, 0.25) is 0 Å². The number of aromatic nitrogens is 3. The zero-order valence-electron chi connectivity index (χ0n) is 17.1. The molecular formula is C22H27ClN4O2. The Morgan fingerprint density at radius 3 is 2.62 bits per heavy atom. The van der Waals surface area contributed by atoms with Gasteiger partial charge in [0.25, 0.3) is 5.91 Å². The van der Waals surface area contributed by atoms with Gasteiger partial charge in [0.1, 0.15) is 0 Å². The molecule has 0 radical (unpaired) electrons. The molecule has 3 heterocycles. The maximum Gasteiger partial charge on any atom is 0.254 e. The van der Waals surface area contributed by atoms with Crippen molar-refractivity contribution < 1.29 is 9.53 Å². The molecule has 4 rings (SSSR count). The highest BCUT2D eigenvalue weighted by Gasteiger charge is 2.26. The average molecular weight is 415 g/mol. The van der Waals surface area contributed by atoms with Gasteiger partial charge in [0.15, 0.2) is 0 Å². The number of benzene rings is 1.